The van der Waals surface area contributed by atoms with Gasteiger partial charge in [-0.1, -0.05) is 17.7 Å². The van der Waals surface area contributed by atoms with E-state index in [1.165, 1.54) is 7.11 Å². The third-order valence-corrected chi connectivity index (χ3v) is 4.37. The first kappa shape index (κ1) is 19.7. The summed E-state index contributed by atoms with van der Waals surface area (Å²) >= 11 is 8.21. The Morgan fingerprint density at radius 2 is 1.96 bits per heavy atom. The third kappa shape index (κ3) is 4.13. The molecule has 3 aromatic rings. The van der Waals surface area contributed by atoms with Crippen LogP contribution in [0.25, 0.3) is 22.7 Å². The number of esters is 1. The van der Waals surface area contributed by atoms with Gasteiger partial charge in [0, 0.05) is 28.7 Å². The van der Waals surface area contributed by atoms with Gasteiger partial charge in [0.25, 0.3) is 0 Å². The predicted molar refractivity (Wildman–Crippen MR) is 108 cm³/mol. The van der Waals surface area contributed by atoms with Gasteiger partial charge in [-0.15, -0.1) is 0 Å². The lowest BCUT2D eigenvalue weighted by Gasteiger charge is -2.17. The van der Waals surface area contributed by atoms with Crippen LogP contribution in [-0.2, 0) is 16.3 Å². The molecule has 0 N–H and O–H groups in total. The van der Waals surface area contributed by atoms with Crippen LogP contribution in [0.4, 0.5) is 0 Å². The Hall–Kier alpha value is -2.01. The highest BCUT2D eigenvalue weighted by molar-refractivity contribution is 14.1. The molecule has 3 rings (SSSR count). The molecule has 0 radical (unpaired) electrons. The summed E-state index contributed by atoms with van der Waals surface area (Å²) in [4.78, 5) is 29.7. The van der Waals surface area contributed by atoms with E-state index in [-0.39, 0.29) is 17.9 Å². The largest absolute Gasteiger partial charge is 0.481 e. The smallest absolute Gasteiger partial charge is 0.312 e. The van der Waals surface area contributed by atoms with Gasteiger partial charge < -0.3 is 9.47 Å². The Labute approximate surface area is 174 Å². The molecule has 0 bridgehead atoms. The fourth-order valence-electron chi connectivity index (χ4n) is 2.25. The standard InChI is InChI=1S/C17H17ClIN5O3/c1-17(2,3)15(25)27-8-24-13(9-6-5-7-10(20-9)26-4)21-11-12(18)22-16(19)23-14(11)24/h5-7H,8H2,1-4H3. The molecule has 10 heteroatoms. The van der Waals surface area contributed by atoms with Gasteiger partial charge in [0.15, 0.2) is 27.2 Å². The van der Waals surface area contributed by atoms with Gasteiger partial charge in [-0.3, -0.25) is 9.36 Å². The molecule has 0 saturated carbocycles. The van der Waals surface area contributed by atoms with E-state index in [1.54, 1.807) is 43.5 Å². The first-order valence-corrected chi connectivity index (χ1v) is 9.44. The monoisotopic (exact) mass is 501 g/mol. The summed E-state index contributed by atoms with van der Waals surface area (Å²) in [6.45, 7) is 5.28. The molecule has 0 aliphatic rings. The van der Waals surface area contributed by atoms with Crippen molar-refractivity contribution in [1.82, 2.24) is 24.5 Å². The number of halogens is 2. The van der Waals surface area contributed by atoms with Gasteiger partial charge in [0.2, 0.25) is 5.88 Å². The van der Waals surface area contributed by atoms with E-state index in [0.29, 0.717) is 32.4 Å². The second-order valence-electron chi connectivity index (χ2n) is 6.70. The van der Waals surface area contributed by atoms with Crippen molar-refractivity contribution in [2.45, 2.75) is 27.5 Å². The van der Waals surface area contributed by atoms with Crippen molar-refractivity contribution in [3.05, 3.63) is 27.2 Å². The maximum Gasteiger partial charge on any atom is 0.312 e. The van der Waals surface area contributed by atoms with Crippen LogP contribution in [0.1, 0.15) is 20.8 Å². The average molecular weight is 502 g/mol. The van der Waals surface area contributed by atoms with E-state index < -0.39 is 5.41 Å². The van der Waals surface area contributed by atoms with Crippen LogP contribution < -0.4 is 4.74 Å². The number of imidazole rings is 1. The van der Waals surface area contributed by atoms with E-state index in [4.69, 9.17) is 21.1 Å². The summed E-state index contributed by atoms with van der Waals surface area (Å²) in [5.41, 5.74) is 0.765. The number of carbonyl (C=O) groups is 1. The lowest BCUT2D eigenvalue weighted by atomic mass is 9.98. The van der Waals surface area contributed by atoms with Gasteiger partial charge in [0.05, 0.1) is 12.5 Å². The normalized spacial score (nSPS) is 11.6. The molecular formula is C17H17ClIN5O3. The molecule has 0 aliphatic heterocycles. The Bertz CT molecular complexity index is 1020. The van der Waals surface area contributed by atoms with Gasteiger partial charge in [-0.2, -0.15) is 0 Å². The first-order valence-electron chi connectivity index (χ1n) is 7.98. The highest BCUT2D eigenvalue weighted by Gasteiger charge is 2.25. The average Bonchev–Trinajstić information content (AvgIpc) is 2.97. The van der Waals surface area contributed by atoms with E-state index in [9.17, 15) is 4.79 Å². The minimum atomic E-state index is -0.633. The Kier molecular flexibility index (Phi) is 5.52. The summed E-state index contributed by atoms with van der Waals surface area (Å²) in [5.74, 6) is 0.539. The molecule has 3 aromatic heterocycles. The number of carbonyl (C=O) groups excluding carboxylic acids is 1. The van der Waals surface area contributed by atoms with E-state index >= 15 is 0 Å². The van der Waals surface area contributed by atoms with Crippen LogP contribution in [0.5, 0.6) is 5.88 Å². The SMILES string of the molecule is COc1cccc(-c2nc3c(Cl)nc(I)nc3n2COC(=O)C(C)(C)C)n1. The van der Waals surface area contributed by atoms with Crippen molar-refractivity contribution >= 4 is 51.3 Å². The van der Waals surface area contributed by atoms with Gasteiger partial charge >= 0.3 is 5.97 Å². The molecule has 0 spiro atoms. The van der Waals surface area contributed by atoms with Crippen molar-refractivity contribution in [2.24, 2.45) is 5.41 Å². The number of pyridine rings is 1. The van der Waals surface area contributed by atoms with E-state index in [2.05, 4.69) is 19.9 Å². The number of nitrogens with zero attached hydrogens (tertiary/aromatic N) is 5. The van der Waals surface area contributed by atoms with Crippen molar-refractivity contribution in [2.75, 3.05) is 7.11 Å². The molecule has 8 nitrogen and oxygen atoms in total. The second kappa shape index (κ2) is 7.55. The minimum absolute atomic E-state index is 0.0791. The first-order chi connectivity index (χ1) is 12.7. The number of rotatable bonds is 4. The van der Waals surface area contributed by atoms with Gasteiger partial charge in [0.1, 0.15) is 11.2 Å². The number of hydrogen-bond donors (Lipinski definition) is 0. The van der Waals surface area contributed by atoms with E-state index in [1.807, 2.05) is 22.6 Å². The Balaban J connectivity index is 2.14. The van der Waals surface area contributed by atoms with Crippen LogP contribution in [-0.4, -0.2) is 37.6 Å². The molecule has 0 fully saturated rings. The fraction of sp³-hybridized carbons (Fsp3) is 0.353. The molecule has 0 amide bonds. The van der Waals surface area contributed by atoms with Crippen LogP contribution in [0, 0.1) is 9.25 Å². The molecule has 0 unspecified atom stereocenters. The van der Waals surface area contributed by atoms with Gasteiger partial charge in [-0.05, 0) is 26.8 Å². The molecule has 0 saturated heterocycles. The van der Waals surface area contributed by atoms with Crippen molar-refractivity contribution in [1.29, 1.82) is 0 Å². The lowest BCUT2D eigenvalue weighted by Crippen LogP contribution is -2.24. The van der Waals surface area contributed by atoms with Gasteiger partial charge in [-0.25, -0.2) is 19.9 Å². The maximum absolute atomic E-state index is 12.2. The van der Waals surface area contributed by atoms with Crippen LogP contribution in [0.3, 0.4) is 0 Å². The molecule has 0 aliphatic carbocycles. The number of methoxy groups -OCH3 is 1. The Morgan fingerprint density at radius 3 is 2.63 bits per heavy atom. The van der Waals surface area contributed by atoms with Crippen molar-refractivity contribution < 1.29 is 14.3 Å². The lowest BCUT2D eigenvalue weighted by molar-refractivity contribution is -0.156. The molecule has 142 valence electrons. The Morgan fingerprint density at radius 1 is 1.22 bits per heavy atom. The van der Waals surface area contributed by atoms with Crippen LogP contribution >= 0.6 is 34.2 Å². The van der Waals surface area contributed by atoms with E-state index in [0.717, 1.165) is 0 Å². The fourth-order valence-corrected chi connectivity index (χ4v) is 3.07. The van der Waals surface area contributed by atoms with Crippen LogP contribution in [0.15, 0.2) is 18.2 Å². The number of aromatic nitrogens is 5. The molecule has 3 heterocycles. The number of hydrogen-bond acceptors (Lipinski definition) is 7. The van der Waals surface area contributed by atoms with Crippen molar-refractivity contribution in [3.63, 3.8) is 0 Å². The van der Waals surface area contributed by atoms with Crippen LogP contribution in [0.2, 0.25) is 5.15 Å². The number of ether oxygens (including phenoxy) is 2. The highest BCUT2D eigenvalue weighted by atomic mass is 127. The summed E-state index contributed by atoms with van der Waals surface area (Å²) in [6, 6.07) is 5.30. The molecule has 0 atom stereocenters. The quantitative estimate of drug-likeness (QED) is 0.233. The molecule has 0 aromatic carbocycles. The topological polar surface area (TPSA) is 92.0 Å². The maximum atomic E-state index is 12.2. The highest BCUT2D eigenvalue weighted by Crippen LogP contribution is 2.28. The predicted octanol–water partition coefficient (Wildman–Crippen LogP) is 3.70. The zero-order chi connectivity index (χ0) is 19.8. The minimum Gasteiger partial charge on any atom is -0.481 e. The third-order valence-electron chi connectivity index (χ3n) is 3.62. The summed E-state index contributed by atoms with van der Waals surface area (Å²) in [5, 5.41) is 0.217. The molecule has 27 heavy (non-hydrogen) atoms. The van der Waals surface area contributed by atoms with Crippen molar-refractivity contribution in [3.8, 4) is 17.4 Å². The zero-order valence-electron chi connectivity index (χ0n) is 15.2. The summed E-state index contributed by atoms with van der Waals surface area (Å²) in [6.07, 6.45) is 0. The number of fused-ring (bicyclic) bond motifs is 1. The second-order valence-corrected chi connectivity index (χ2v) is 8.02. The summed E-state index contributed by atoms with van der Waals surface area (Å²) < 4.78 is 12.8. The zero-order valence-corrected chi connectivity index (χ0v) is 18.1. The summed E-state index contributed by atoms with van der Waals surface area (Å²) in [7, 11) is 1.53. The molecular weight excluding hydrogens is 485 g/mol.